The first-order valence-electron chi connectivity index (χ1n) is 10.9. The van der Waals surface area contributed by atoms with E-state index in [1.54, 1.807) is 37.0 Å². The lowest BCUT2D eigenvalue weighted by Crippen LogP contribution is -2.07. The summed E-state index contributed by atoms with van der Waals surface area (Å²) in [7, 11) is 1.59. The molecule has 0 bridgehead atoms. The summed E-state index contributed by atoms with van der Waals surface area (Å²) in [6.45, 7) is 3.67. The van der Waals surface area contributed by atoms with Crippen LogP contribution >= 0.6 is 0 Å². The van der Waals surface area contributed by atoms with Gasteiger partial charge in [-0.2, -0.15) is 13.2 Å². The molecule has 0 unspecified atom stereocenters. The van der Waals surface area contributed by atoms with Gasteiger partial charge in [-0.3, -0.25) is 0 Å². The third-order valence-corrected chi connectivity index (χ3v) is 5.83. The number of hydrogen-bond donors (Lipinski definition) is 1. The molecule has 0 aliphatic rings. The summed E-state index contributed by atoms with van der Waals surface area (Å²) in [4.78, 5) is 8.88. The van der Waals surface area contributed by atoms with Crippen LogP contribution in [0.3, 0.4) is 0 Å². The van der Waals surface area contributed by atoms with Crippen molar-refractivity contribution in [2.75, 3.05) is 12.4 Å². The summed E-state index contributed by atoms with van der Waals surface area (Å²) in [5, 5.41) is 3.33. The molecule has 0 saturated carbocycles. The molecule has 5 aromatic rings. The van der Waals surface area contributed by atoms with Crippen molar-refractivity contribution in [3.8, 4) is 22.7 Å². The summed E-state index contributed by atoms with van der Waals surface area (Å²) >= 11 is 0. The number of pyridine rings is 1. The van der Waals surface area contributed by atoms with Crippen LogP contribution in [-0.2, 0) is 6.18 Å². The highest BCUT2D eigenvalue weighted by Gasteiger charge is 2.34. The molecule has 178 valence electrons. The van der Waals surface area contributed by atoms with Crippen LogP contribution in [0.5, 0.6) is 5.75 Å². The van der Waals surface area contributed by atoms with Gasteiger partial charge in [0.25, 0.3) is 0 Å². The number of imidazole rings is 2. The molecule has 0 fully saturated rings. The van der Waals surface area contributed by atoms with Crippen LogP contribution in [0, 0.1) is 13.8 Å². The highest BCUT2D eigenvalue weighted by atomic mass is 19.4. The number of benzene rings is 2. The summed E-state index contributed by atoms with van der Waals surface area (Å²) in [5.41, 5.74) is 3.88. The molecule has 0 atom stereocenters. The zero-order valence-corrected chi connectivity index (χ0v) is 19.3. The van der Waals surface area contributed by atoms with Crippen molar-refractivity contribution < 1.29 is 17.9 Å². The van der Waals surface area contributed by atoms with Crippen LogP contribution in [0.2, 0.25) is 0 Å². The maximum Gasteiger partial charge on any atom is 0.417 e. The summed E-state index contributed by atoms with van der Waals surface area (Å²) in [5.74, 6) is 0.638. The minimum absolute atomic E-state index is 0.0498. The van der Waals surface area contributed by atoms with Gasteiger partial charge in [0.05, 0.1) is 41.8 Å². The van der Waals surface area contributed by atoms with Gasteiger partial charge in [0.15, 0.2) is 5.65 Å². The lowest BCUT2D eigenvalue weighted by Gasteiger charge is -2.13. The molecule has 3 aromatic heterocycles. The number of rotatable bonds is 5. The van der Waals surface area contributed by atoms with Crippen molar-refractivity contribution >= 4 is 17.0 Å². The number of nitrogens with one attached hydrogen (secondary N) is 1. The Bertz CT molecular complexity index is 1530. The number of alkyl halides is 3. The highest BCUT2D eigenvalue weighted by molar-refractivity contribution is 5.79. The number of ether oxygens (including phenoxy) is 1. The Kier molecular flexibility index (Phi) is 5.47. The van der Waals surface area contributed by atoms with Crippen molar-refractivity contribution in [1.29, 1.82) is 0 Å². The molecule has 5 rings (SSSR count). The standard InChI is InChI=1S/C26H22F3N5O/c1-16-14-33(15-30-16)22-11-10-18(13-23(22)35-3)31-21-9-6-12-34-17(2)24(32-25(21)34)19-7-4-5-8-20(19)26(27,28)29/h4-15,31H,1-3H3. The van der Waals surface area contributed by atoms with Crippen LogP contribution in [-0.4, -0.2) is 26.0 Å². The molecule has 1 N–H and O–H groups in total. The number of fused-ring (bicyclic) bond motifs is 1. The second kappa shape index (κ2) is 8.50. The molecule has 9 heteroatoms. The maximum absolute atomic E-state index is 13.7. The van der Waals surface area contributed by atoms with Gasteiger partial charge in [0, 0.05) is 35.4 Å². The van der Waals surface area contributed by atoms with Crippen molar-refractivity contribution in [2.24, 2.45) is 0 Å². The van der Waals surface area contributed by atoms with Gasteiger partial charge in [-0.25, -0.2) is 9.97 Å². The third-order valence-electron chi connectivity index (χ3n) is 5.83. The van der Waals surface area contributed by atoms with Crippen LogP contribution < -0.4 is 10.1 Å². The summed E-state index contributed by atoms with van der Waals surface area (Å²) in [6, 6.07) is 14.8. The number of anilines is 2. The van der Waals surface area contributed by atoms with E-state index >= 15 is 0 Å². The summed E-state index contributed by atoms with van der Waals surface area (Å²) < 4.78 is 50.2. The average Bonchev–Trinajstić information content (AvgIpc) is 3.42. The Morgan fingerprint density at radius 2 is 1.80 bits per heavy atom. The Morgan fingerprint density at radius 1 is 1.00 bits per heavy atom. The van der Waals surface area contributed by atoms with Gasteiger partial charge in [-0.15, -0.1) is 0 Å². The number of aryl methyl sites for hydroxylation is 2. The average molecular weight is 477 g/mol. The molecule has 0 spiro atoms. The second-order valence-electron chi connectivity index (χ2n) is 8.14. The molecule has 0 amide bonds. The Labute approximate surface area is 199 Å². The van der Waals surface area contributed by atoms with Gasteiger partial charge in [-0.05, 0) is 44.2 Å². The fraction of sp³-hybridized carbons (Fsp3) is 0.154. The zero-order chi connectivity index (χ0) is 24.7. The van der Waals surface area contributed by atoms with Crippen LogP contribution in [0.4, 0.5) is 24.5 Å². The van der Waals surface area contributed by atoms with Gasteiger partial charge < -0.3 is 19.0 Å². The van der Waals surface area contributed by atoms with Crippen molar-refractivity contribution in [3.05, 3.63) is 90.3 Å². The predicted octanol–water partition coefficient (Wildman–Crippen LogP) is 6.57. The number of aromatic nitrogens is 4. The minimum Gasteiger partial charge on any atom is -0.494 e. The lowest BCUT2D eigenvalue weighted by molar-refractivity contribution is -0.137. The van der Waals surface area contributed by atoms with Crippen LogP contribution in [0.25, 0.3) is 22.6 Å². The smallest absolute Gasteiger partial charge is 0.417 e. The number of hydrogen-bond acceptors (Lipinski definition) is 4. The number of nitrogens with zero attached hydrogens (tertiary/aromatic N) is 4. The van der Waals surface area contributed by atoms with E-state index in [0.717, 1.165) is 23.1 Å². The van der Waals surface area contributed by atoms with Crippen molar-refractivity contribution in [3.63, 3.8) is 0 Å². The summed E-state index contributed by atoms with van der Waals surface area (Å²) in [6.07, 6.45) is 0.924. The largest absolute Gasteiger partial charge is 0.494 e. The molecule has 2 aromatic carbocycles. The van der Waals surface area contributed by atoms with E-state index in [1.807, 2.05) is 48.0 Å². The topological polar surface area (TPSA) is 56.4 Å². The normalized spacial score (nSPS) is 11.7. The van der Waals surface area contributed by atoms with Gasteiger partial charge in [0.2, 0.25) is 0 Å². The van der Waals surface area contributed by atoms with Crippen LogP contribution in [0.1, 0.15) is 17.0 Å². The van der Waals surface area contributed by atoms with Gasteiger partial charge in [-0.1, -0.05) is 18.2 Å². The van der Waals surface area contributed by atoms with Crippen molar-refractivity contribution in [1.82, 2.24) is 18.9 Å². The molecule has 0 aliphatic heterocycles. The molecule has 0 saturated heterocycles. The molecule has 35 heavy (non-hydrogen) atoms. The first kappa shape index (κ1) is 22.5. The molecular weight excluding hydrogens is 455 g/mol. The molecule has 3 heterocycles. The van der Waals surface area contributed by atoms with Gasteiger partial charge in [0.1, 0.15) is 5.75 Å². The third kappa shape index (κ3) is 4.09. The van der Waals surface area contributed by atoms with Crippen LogP contribution in [0.15, 0.2) is 73.3 Å². The van der Waals surface area contributed by atoms with Crippen molar-refractivity contribution in [2.45, 2.75) is 20.0 Å². The number of methoxy groups -OCH3 is 1. The van der Waals surface area contributed by atoms with E-state index in [-0.39, 0.29) is 11.3 Å². The maximum atomic E-state index is 13.7. The molecular formula is C26H22F3N5O. The minimum atomic E-state index is -4.48. The van der Waals surface area contributed by atoms with E-state index in [2.05, 4.69) is 15.3 Å². The Balaban J connectivity index is 1.56. The fourth-order valence-electron chi connectivity index (χ4n) is 4.15. The predicted molar refractivity (Wildman–Crippen MR) is 129 cm³/mol. The molecule has 6 nitrogen and oxygen atoms in total. The van der Waals surface area contributed by atoms with Gasteiger partial charge >= 0.3 is 6.18 Å². The monoisotopic (exact) mass is 477 g/mol. The van der Waals surface area contributed by atoms with E-state index in [0.29, 0.717) is 22.8 Å². The SMILES string of the molecule is COc1cc(Nc2cccn3c(C)c(-c4ccccc4C(F)(F)F)nc23)ccc1-n1cnc(C)c1. The lowest BCUT2D eigenvalue weighted by atomic mass is 10.0. The van der Waals surface area contributed by atoms with E-state index in [9.17, 15) is 13.2 Å². The van der Waals surface area contributed by atoms with E-state index < -0.39 is 11.7 Å². The highest BCUT2D eigenvalue weighted by Crippen LogP contribution is 2.38. The first-order valence-corrected chi connectivity index (χ1v) is 10.9. The van der Waals surface area contributed by atoms with E-state index in [1.165, 1.54) is 12.1 Å². The quantitative estimate of drug-likeness (QED) is 0.311. The van der Waals surface area contributed by atoms with E-state index in [4.69, 9.17) is 4.74 Å². The Morgan fingerprint density at radius 3 is 2.51 bits per heavy atom. The molecule has 0 aliphatic carbocycles. The zero-order valence-electron chi connectivity index (χ0n) is 19.3. The second-order valence-corrected chi connectivity index (χ2v) is 8.14. The Hall–Kier alpha value is -4.27. The molecule has 0 radical (unpaired) electrons. The first-order chi connectivity index (χ1) is 16.8. The number of halogens is 3. The fourth-order valence-corrected chi connectivity index (χ4v) is 4.15.